The monoisotopic (exact) mass is 195 g/mol. The molecule has 1 heterocycles. The fraction of sp³-hybridized carbons (Fsp3) is 0.800. The van der Waals surface area contributed by atoms with Crippen molar-refractivity contribution in [1.82, 2.24) is 10.2 Å². The molecule has 1 unspecified atom stereocenters. The van der Waals surface area contributed by atoms with E-state index < -0.39 is 0 Å². The van der Waals surface area contributed by atoms with Gasteiger partial charge in [-0.3, -0.25) is 0 Å². The summed E-state index contributed by atoms with van der Waals surface area (Å²) in [5, 5.41) is 8.06. The van der Waals surface area contributed by atoms with Gasteiger partial charge in [-0.1, -0.05) is 19.8 Å². The molecule has 0 bridgehead atoms. The van der Waals surface area contributed by atoms with E-state index in [1.807, 2.05) is 6.92 Å². The van der Waals surface area contributed by atoms with Gasteiger partial charge in [-0.25, -0.2) is 0 Å². The van der Waals surface area contributed by atoms with Crippen molar-refractivity contribution < 1.29 is 4.42 Å². The Kier molecular flexibility index (Phi) is 2.82. The molecule has 0 amide bonds. The minimum absolute atomic E-state index is 0.0994. The molecule has 0 aliphatic heterocycles. The highest BCUT2D eigenvalue weighted by atomic mass is 16.4. The Bertz CT molecular complexity index is 291. The predicted molar refractivity (Wildman–Crippen MR) is 52.7 cm³/mol. The van der Waals surface area contributed by atoms with Crippen LogP contribution in [0.4, 0.5) is 0 Å². The fourth-order valence-electron chi connectivity index (χ4n) is 1.91. The van der Waals surface area contributed by atoms with Gasteiger partial charge < -0.3 is 10.2 Å². The Labute approximate surface area is 83.9 Å². The number of nitrogens with zero attached hydrogens (tertiary/aromatic N) is 2. The molecule has 2 rings (SSSR count). The minimum Gasteiger partial charge on any atom is -0.423 e. The molecule has 0 spiro atoms. The smallest absolute Gasteiger partial charge is 0.233 e. The summed E-state index contributed by atoms with van der Waals surface area (Å²) < 4.78 is 5.57. The molecule has 78 valence electrons. The lowest BCUT2D eigenvalue weighted by Gasteiger charge is -2.03. The molecule has 1 fully saturated rings. The summed E-state index contributed by atoms with van der Waals surface area (Å²) in [5.74, 6) is 1.87. The van der Waals surface area contributed by atoms with Gasteiger partial charge in [0, 0.05) is 5.92 Å². The second-order valence-electron chi connectivity index (χ2n) is 3.97. The Morgan fingerprint density at radius 1 is 1.43 bits per heavy atom. The van der Waals surface area contributed by atoms with Gasteiger partial charge in [0.15, 0.2) is 0 Å². The number of aromatic nitrogens is 2. The van der Waals surface area contributed by atoms with Gasteiger partial charge in [-0.2, -0.15) is 0 Å². The molecule has 2 N–H and O–H groups in total. The Morgan fingerprint density at radius 3 is 2.79 bits per heavy atom. The van der Waals surface area contributed by atoms with E-state index in [0.29, 0.717) is 11.8 Å². The van der Waals surface area contributed by atoms with Crippen LogP contribution in [0.2, 0.25) is 0 Å². The van der Waals surface area contributed by atoms with E-state index in [0.717, 1.165) is 12.3 Å². The Hall–Kier alpha value is -0.900. The van der Waals surface area contributed by atoms with Crippen LogP contribution in [-0.4, -0.2) is 10.2 Å². The SMILES string of the molecule is CCC(N)c1nnc(C2CCCC2)o1. The maximum Gasteiger partial charge on any atom is 0.233 e. The summed E-state index contributed by atoms with van der Waals surface area (Å²) >= 11 is 0. The number of hydrogen-bond acceptors (Lipinski definition) is 4. The highest BCUT2D eigenvalue weighted by Crippen LogP contribution is 2.33. The Balaban J connectivity index is 2.08. The van der Waals surface area contributed by atoms with Gasteiger partial charge in [-0.15, -0.1) is 10.2 Å². The molecule has 0 radical (unpaired) electrons. The summed E-state index contributed by atoms with van der Waals surface area (Å²) in [4.78, 5) is 0. The highest BCUT2D eigenvalue weighted by Gasteiger charge is 2.23. The van der Waals surface area contributed by atoms with Crippen molar-refractivity contribution in [3.8, 4) is 0 Å². The first-order chi connectivity index (χ1) is 6.81. The predicted octanol–water partition coefficient (Wildman–Crippen LogP) is 2.14. The van der Waals surface area contributed by atoms with Crippen LogP contribution < -0.4 is 5.73 Å². The van der Waals surface area contributed by atoms with E-state index in [2.05, 4.69) is 10.2 Å². The van der Waals surface area contributed by atoms with Crippen LogP contribution >= 0.6 is 0 Å². The fourth-order valence-corrected chi connectivity index (χ4v) is 1.91. The summed E-state index contributed by atoms with van der Waals surface area (Å²) in [7, 11) is 0. The van der Waals surface area contributed by atoms with Crippen molar-refractivity contribution in [2.45, 2.75) is 51.0 Å². The van der Waals surface area contributed by atoms with Crippen molar-refractivity contribution in [3.05, 3.63) is 11.8 Å². The molecule has 1 aliphatic rings. The molecule has 0 saturated heterocycles. The van der Waals surface area contributed by atoms with Gasteiger partial charge in [-0.05, 0) is 19.3 Å². The van der Waals surface area contributed by atoms with E-state index in [4.69, 9.17) is 10.2 Å². The highest BCUT2D eigenvalue weighted by molar-refractivity contribution is 4.96. The van der Waals surface area contributed by atoms with Gasteiger partial charge in [0.1, 0.15) is 0 Å². The van der Waals surface area contributed by atoms with Gasteiger partial charge in [0.25, 0.3) is 0 Å². The zero-order valence-corrected chi connectivity index (χ0v) is 8.57. The topological polar surface area (TPSA) is 64.9 Å². The zero-order chi connectivity index (χ0) is 9.97. The second kappa shape index (κ2) is 4.09. The van der Waals surface area contributed by atoms with E-state index in [-0.39, 0.29) is 6.04 Å². The van der Waals surface area contributed by atoms with E-state index in [9.17, 15) is 0 Å². The molecule has 1 saturated carbocycles. The van der Waals surface area contributed by atoms with E-state index >= 15 is 0 Å². The second-order valence-corrected chi connectivity index (χ2v) is 3.97. The molecule has 4 nitrogen and oxygen atoms in total. The summed E-state index contributed by atoms with van der Waals surface area (Å²) in [6, 6.07) is -0.0994. The maximum atomic E-state index is 5.81. The molecule has 1 aromatic heterocycles. The van der Waals surface area contributed by atoms with Crippen molar-refractivity contribution in [2.24, 2.45) is 5.73 Å². The number of nitrogens with two attached hydrogens (primary N) is 1. The third-order valence-electron chi connectivity index (χ3n) is 2.92. The lowest BCUT2D eigenvalue weighted by atomic mass is 10.1. The average molecular weight is 195 g/mol. The van der Waals surface area contributed by atoms with Crippen LogP contribution in [0.1, 0.15) is 62.8 Å². The summed E-state index contributed by atoms with van der Waals surface area (Å²) in [5.41, 5.74) is 5.81. The van der Waals surface area contributed by atoms with Gasteiger partial charge >= 0.3 is 0 Å². The minimum atomic E-state index is -0.0994. The average Bonchev–Trinajstić information content (AvgIpc) is 2.86. The lowest BCUT2D eigenvalue weighted by molar-refractivity contribution is 0.389. The van der Waals surface area contributed by atoms with Crippen molar-refractivity contribution in [1.29, 1.82) is 0 Å². The Morgan fingerprint density at radius 2 is 2.14 bits per heavy atom. The standard InChI is InChI=1S/C10H17N3O/c1-2-8(11)10-13-12-9(14-10)7-5-3-4-6-7/h7-8H,2-6,11H2,1H3. The molecular formula is C10H17N3O. The van der Waals surface area contributed by atoms with Crippen LogP contribution in [-0.2, 0) is 0 Å². The first kappa shape index (κ1) is 9.65. The van der Waals surface area contributed by atoms with E-state index in [1.165, 1.54) is 25.7 Å². The van der Waals surface area contributed by atoms with Crippen molar-refractivity contribution in [3.63, 3.8) is 0 Å². The summed E-state index contributed by atoms with van der Waals surface area (Å²) in [6.07, 6.45) is 5.77. The number of hydrogen-bond donors (Lipinski definition) is 1. The van der Waals surface area contributed by atoms with Crippen molar-refractivity contribution >= 4 is 0 Å². The number of rotatable bonds is 3. The normalized spacial score (nSPS) is 20.1. The molecule has 0 aromatic carbocycles. The molecule has 14 heavy (non-hydrogen) atoms. The first-order valence-corrected chi connectivity index (χ1v) is 5.40. The van der Waals surface area contributed by atoms with Gasteiger partial charge in [0.05, 0.1) is 6.04 Å². The molecular weight excluding hydrogens is 178 g/mol. The van der Waals surface area contributed by atoms with Crippen molar-refractivity contribution in [2.75, 3.05) is 0 Å². The molecule has 1 aliphatic carbocycles. The van der Waals surface area contributed by atoms with E-state index in [1.54, 1.807) is 0 Å². The molecule has 1 aromatic rings. The van der Waals surface area contributed by atoms with Crippen LogP contribution in [0.25, 0.3) is 0 Å². The largest absolute Gasteiger partial charge is 0.423 e. The molecule has 1 atom stereocenters. The zero-order valence-electron chi connectivity index (χ0n) is 8.57. The molecule has 4 heteroatoms. The first-order valence-electron chi connectivity index (χ1n) is 5.40. The van der Waals surface area contributed by atoms with Crippen LogP contribution in [0.5, 0.6) is 0 Å². The quantitative estimate of drug-likeness (QED) is 0.802. The van der Waals surface area contributed by atoms with Gasteiger partial charge in [0.2, 0.25) is 11.8 Å². The maximum absolute atomic E-state index is 5.81. The summed E-state index contributed by atoms with van der Waals surface area (Å²) in [6.45, 7) is 2.02. The third-order valence-corrected chi connectivity index (χ3v) is 2.92. The third kappa shape index (κ3) is 1.80. The van der Waals surface area contributed by atoms with Crippen LogP contribution in [0.15, 0.2) is 4.42 Å². The van der Waals surface area contributed by atoms with Crippen LogP contribution in [0.3, 0.4) is 0 Å². The van der Waals surface area contributed by atoms with Crippen LogP contribution in [0, 0.1) is 0 Å². The lowest BCUT2D eigenvalue weighted by Crippen LogP contribution is -2.08.